The van der Waals surface area contributed by atoms with Gasteiger partial charge in [0.2, 0.25) is 0 Å². The lowest BCUT2D eigenvalue weighted by Crippen LogP contribution is -2.47. The zero-order valence-electron chi connectivity index (χ0n) is 12.6. The van der Waals surface area contributed by atoms with E-state index in [2.05, 4.69) is 12.2 Å². The maximum absolute atomic E-state index is 6.11. The van der Waals surface area contributed by atoms with Crippen molar-refractivity contribution in [2.75, 3.05) is 13.2 Å². The van der Waals surface area contributed by atoms with Crippen LogP contribution in [0.4, 0.5) is 0 Å². The van der Waals surface area contributed by atoms with Crippen molar-refractivity contribution < 1.29 is 4.74 Å². The summed E-state index contributed by atoms with van der Waals surface area (Å²) in [6.45, 7) is 4.42. The van der Waals surface area contributed by atoms with Gasteiger partial charge in [-0.25, -0.2) is 0 Å². The van der Waals surface area contributed by atoms with Crippen molar-refractivity contribution in [3.05, 3.63) is 0 Å². The predicted molar refractivity (Wildman–Crippen MR) is 79.3 cm³/mol. The molecule has 2 aliphatic carbocycles. The molecule has 3 unspecified atom stereocenters. The lowest BCUT2D eigenvalue weighted by Gasteiger charge is -2.49. The summed E-state index contributed by atoms with van der Waals surface area (Å²) in [5.74, 6) is 1.92. The molecule has 3 rings (SSSR count). The maximum Gasteiger partial charge on any atom is 0.0685 e. The first-order chi connectivity index (χ1) is 9.31. The van der Waals surface area contributed by atoms with E-state index in [9.17, 15) is 0 Å². The molecule has 2 saturated carbocycles. The van der Waals surface area contributed by atoms with Gasteiger partial charge in [0.15, 0.2) is 0 Å². The average Bonchev–Trinajstić information content (AvgIpc) is 2.63. The van der Waals surface area contributed by atoms with E-state index in [0.29, 0.717) is 5.60 Å². The van der Waals surface area contributed by atoms with Gasteiger partial charge >= 0.3 is 0 Å². The Hall–Kier alpha value is -0.0800. The van der Waals surface area contributed by atoms with Crippen molar-refractivity contribution in [2.24, 2.45) is 11.8 Å². The van der Waals surface area contributed by atoms with Crippen LogP contribution in [0.2, 0.25) is 0 Å². The minimum atomic E-state index is 0.336. The number of ether oxygens (including phenoxy) is 1. The third-order valence-corrected chi connectivity index (χ3v) is 5.92. The van der Waals surface area contributed by atoms with Gasteiger partial charge in [0, 0.05) is 12.6 Å². The highest BCUT2D eigenvalue weighted by Gasteiger charge is 2.44. The third kappa shape index (κ3) is 3.16. The zero-order valence-corrected chi connectivity index (χ0v) is 12.6. The molecule has 3 fully saturated rings. The van der Waals surface area contributed by atoms with Gasteiger partial charge in [-0.1, -0.05) is 26.2 Å². The van der Waals surface area contributed by atoms with Crippen molar-refractivity contribution >= 4 is 0 Å². The van der Waals surface area contributed by atoms with E-state index < -0.39 is 0 Å². The highest BCUT2D eigenvalue weighted by atomic mass is 16.5. The fraction of sp³-hybridized carbons (Fsp3) is 1.00. The number of rotatable bonds is 3. The molecular weight excluding hydrogens is 234 g/mol. The van der Waals surface area contributed by atoms with Gasteiger partial charge < -0.3 is 10.1 Å². The molecule has 3 aliphatic rings. The Labute approximate surface area is 118 Å². The second-order valence-electron chi connectivity index (χ2n) is 7.17. The molecule has 1 spiro atoms. The fourth-order valence-electron chi connectivity index (χ4n) is 4.69. The molecule has 0 bridgehead atoms. The fourth-order valence-corrected chi connectivity index (χ4v) is 4.69. The summed E-state index contributed by atoms with van der Waals surface area (Å²) in [7, 11) is 0. The summed E-state index contributed by atoms with van der Waals surface area (Å²) in [6, 6.07) is 0.790. The molecule has 0 aromatic heterocycles. The number of hydrogen-bond donors (Lipinski definition) is 1. The van der Waals surface area contributed by atoms with Gasteiger partial charge in [-0.3, -0.25) is 0 Å². The Kier molecular flexibility index (Phi) is 4.48. The van der Waals surface area contributed by atoms with E-state index in [0.717, 1.165) is 31.0 Å². The molecule has 2 nitrogen and oxygen atoms in total. The molecule has 1 aliphatic heterocycles. The normalized spacial score (nSPS) is 38.7. The van der Waals surface area contributed by atoms with Gasteiger partial charge in [0.1, 0.15) is 0 Å². The molecule has 0 aromatic rings. The molecule has 110 valence electrons. The summed E-state index contributed by atoms with van der Waals surface area (Å²) in [6.07, 6.45) is 14.0. The van der Waals surface area contributed by atoms with Crippen molar-refractivity contribution in [3.63, 3.8) is 0 Å². The molecule has 1 saturated heterocycles. The Bertz CT molecular complexity index is 287. The first kappa shape index (κ1) is 13.9. The van der Waals surface area contributed by atoms with Crippen LogP contribution in [-0.4, -0.2) is 24.8 Å². The third-order valence-electron chi connectivity index (χ3n) is 5.92. The smallest absolute Gasteiger partial charge is 0.0685 e. The highest BCUT2D eigenvalue weighted by molar-refractivity contribution is 4.96. The van der Waals surface area contributed by atoms with E-state index >= 15 is 0 Å². The molecule has 2 heteroatoms. The van der Waals surface area contributed by atoms with Crippen LogP contribution in [0.1, 0.15) is 71.1 Å². The Morgan fingerprint density at radius 1 is 1.05 bits per heavy atom. The quantitative estimate of drug-likeness (QED) is 0.782. The Balaban J connectivity index is 1.59. The second-order valence-corrected chi connectivity index (χ2v) is 7.17. The van der Waals surface area contributed by atoms with Crippen molar-refractivity contribution in [1.82, 2.24) is 5.32 Å². The molecular formula is C17H31NO. The largest absolute Gasteiger partial charge is 0.375 e. The molecule has 0 radical (unpaired) electrons. The van der Waals surface area contributed by atoms with E-state index in [4.69, 9.17) is 4.74 Å². The minimum absolute atomic E-state index is 0.336. The highest BCUT2D eigenvalue weighted by Crippen LogP contribution is 2.47. The average molecular weight is 265 g/mol. The van der Waals surface area contributed by atoms with Gasteiger partial charge in [0.05, 0.1) is 5.60 Å². The Morgan fingerprint density at radius 2 is 1.89 bits per heavy atom. The van der Waals surface area contributed by atoms with Gasteiger partial charge in [0.25, 0.3) is 0 Å². The number of hydrogen-bond acceptors (Lipinski definition) is 2. The SMILES string of the molecule is CCNC1CCCCC(C2CCOC3(CCC3)C2)C1. The minimum Gasteiger partial charge on any atom is -0.375 e. The molecule has 1 N–H and O–H groups in total. The Morgan fingerprint density at radius 3 is 2.63 bits per heavy atom. The summed E-state index contributed by atoms with van der Waals surface area (Å²) in [5.41, 5.74) is 0.336. The van der Waals surface area contributed by atoms with Gasteiger partial charge in [-0.2, -0.15) is 0 Å². The van der Waals surface area contributed by atoms with E-state index in [1.165, 1.54) is 64.2 Å². The van der Waals surface area contributed by atoms with Crippen LogP contribution in [0.15, 0.2) is 0 Å². The first-order valence-corrected chi connectivity index (χ1v) is 8.69. The molecule has 1 heterocycles. The predicted octanol–water partition coefficient (Wildman–Crippen LogP) is 3.89. The van der Waals surface area contributed by atoms with Crippen LogP contribution < -0.4 is 5.32 Å². The van der Waals surface area contributed by atoms with Crippen molar-refractivity contribution in [2.45, 2.75) is 82.8 Å². The van der Waals surface area contributed by atoms with E-state index in [1.54, 1.807) is 0 Å². The standard InChI is InChI=1S/C17H31NO/c1-2-18-16-7-4-3-6-14(12-16)15-8-11-19-17(13-15)9-5-10-17/h14-16,18H,2-13H2,1H3. The van der Waals surface area contributed by atoms with Gasteiger partial charge in [-0.05, 0) is 63.3 Å². The summed E-state index contributed by atoms with van der Waals surface area (Å²) in [4.78, 5) is 0. The number of nitrogens with one attached hydrogen (secondary N) is 1. The van der Waals surface area contributed by atoms with E-state index in [1.807, 2.05) is 0 Å². The van der Waals surface area contributed by atoms with Gasteiger partial charge in [-0.15, -0.1) is 0 Å². The van der Waals surface area contributed by atoms with Crippen molar-refractivity contribution in [1.29, 1.82) is 0 Å². The van der Waals surface area contributed by atoms with Crippen molar-refractivity contribution in [3.8, 4) is 0 Å². The second kappa shape index (κ2) is 6.13. The molecule has 3 atom stereocenters. The van der Waals surface area contributed by atoms with Crippen LogP contribution in [0.5, 0.6) is 0 Å². The lowest BCUT2D eigenvalue weighted by molar-refractivity contribution is -0.151. The topological polar surface area (TPSA) is 21.3 Å². The monoisotopic (exact) mass is 265 g/mol. The van der Waals surface area contributed by atoms with Crippen LogP contribution in [-0.2, 0) is 4.74 Å². The van der Waals surface area contributed by atoms with Crippen LogP contribution in [0.3, 0.4) is 0 Å². The molecule has 0 aromatic carbocycles. The molecule has 0 amide bonds. The summed E-state index contributed by atoms with van der Waals surface area (Å²) < 4.78 is 6.11. The lowest BCUT2D eigenvalue weighted by atomic mass is 9.68. The first-order valence-electron chi connectivity index (χ1n) is 8.69. The summed E-state index contributed by atoms with van der Waals surface area (Å²) in [5, 5.41) is 3.71. The summed E-state index contributed by atoms with van der Waals surface area (Å²) >= 11 is 0. The van der Waals surface area contributed by atoms with Crippen LogP contribution in [0.25, 0.3) is 0 Å². The van der Waals surface area contributed by atoms with Crippen LogP contribution >= 0.6 is 0 Å². The van der Waals surface area contributed by atoms with Crippen LogP contribution in [0, 0.1) is 11.8 Å². The maximum atomic E-state index is 6.11. The molecule has 19 heavy (non-hydrogen) atoms. The van der Waals surface area contributed by atoms with E-state index in [-0.39, 0.29) is 0 Å². The zero-order chi connectivity index (χ0) is 13.1.